The molecule has 0 aromatic rings. The van der Waals surface area contributed by atoms with E-state index in [0.29, 0.717) is 19.4 Å². The highest BCUT2D eigenvalue weighted by atomic mass is 19.2. The summed E-state index contributed by atoms with van der Waals surface area (Å²) >= 11 is 0. The smallest absolute Gasteiger partial charge is 0.124 e. The zero-order chi connectivity index (χ0) is 8.97. The van der Waals surface area contributed by atoms with Gasteiger partial charge in [0.1, 0.15) is 12.9 Å². The van der Waals surface area contributed by atoms with Gasteiger partial charge in [-0.1, -0.05) is 0 Å². The number of nitrogens with one attached hydrogen (secondary N) is 1. The van der Waals surface area contributed by atoms with Crippen LogP contribution in [0.4, 0.5) is 8.87 Å². The lowest BCUT2D eigenvalue weighted by Crippen LogP contribution is -2.32. The Morgan fingerprint density at radius 1 is 1.58 bits per heavy atom. The van der Waals surface area contributed by atoms with E-state index in [0.717, 1.165) is 0 Å². The van der Waals surface area contributed by atoms with E-state index >= 15 is 0 Å². The van der Waals surface area contributed by atoms with Gasteiger partial charge in [-0.15, -0.1) is 9.60 Å². The molecule has 1 saturated heterocycles. The molecule has 2 N–H and O–H groups in total. The number of alkyl halides is 1. The Hall–Kier alpha value is -0.260. The lowest BCUT2D eigenvalue weighted by Gasteiger charge is -2.14. The standard InChI is InChI=1S/C7H14F2N2O/c8-6-1-3-10-7(6)2-4-11(9)5-12/h6-7,10,12H,1-5H2. The van der Waals surface area contributed by atoms with E-state index in [9.17, 15) is 8.87 Å². The van der Waals surface area contributed by atoms with Crippen molar-refractivity contribution in [3.8, 4) is 0 Å². The molecular weight excluding hydrogens is 166 g/mol. The number of hydrogen-bond donors (Lipinski definition) is 2. The molecule has 0 aromatic heterocycles. The predicted octanol–water partition coefficient (Wildman–Crippen LogP) is 0.213. The maximum Gasteiger partial charge on any atom is 0.124 e. The number of halogens is 2. The summed E-state index contributed by atoms with van der Waals surface area (Å²) in [5.41, 5.74) is 0. The van der Waals surface area contributed by atoms with E-state index in [1.807, 2.05) is 0 Å². The van der Waals surface area contributed by atoms with Crippen LogP contribution in [0.25, 0.3) is 0 Å². The van der Waals surface area contributed by atoms with Gasteiger partial charge in [0.05, 0.1) is 0 Å². The van der Waals surface area contributed by atoms with Gasteiger partial charge in [-0.2, -0.15) is 0 Å². The van der Waals surface area contributed by atoms with Gasteiger partial charge in [-0.05, 0) is 19.4 Å². The van der Waals surface area contributed by atoms with E-state index in [2.05, 4.69) is 5.32 Å². The molecule has 0 bridgehead atoms. The summed E-state index contributed by atoms with van der Waals surface area (Å²) in [5, 5.41) is 11.5. The van der Waals surface area contributed by atoms with Crippen molar-refractivity contribution in [3.05, 3.63) is 0 Å². The van der Waals surface area contributed by atoms with Crippen LogP contribution in [0.1, 0.15) is 12.8 Å². The fourth-order valence-corrected chi connectivity index (χ4v) is 1.37. The highest BCUT2D eigenvalue weighted by molar-refractivity contribution is 4.83. The molecule has 0 aliphatic carbocycles. The SMILES string of the molecule is OCN(F)CCC1NCCC1F. The first kappa shape index (κ1) is 9.83. The van der Waals surface area contributed by atoms with Crippen molar-refractivity contribution in [1.29, 1.82) is 0 Å². The van der Waals surface area contributed by atoms with Crippen molar-refractivity contribution in [3.63, 3.8) is 0 Å². The normalized spacial score (nSPS) is 30.0. The summed E-state index contributed by atoms with van der Waals surface area (Å²) in [6.45, 7) is 0.121. The first-order valence-corrected chi connectivity index (χ1v) is 4.13. The van der Waals surface area contributed by atoms with Crippen LogP contribution in [-0.2, 0) is 0 Å². The Labute approximate surface area is 70.3 Å². The Morgan fingerprint density at radius 3 is 2.83 bits per heavy atom. The van der Waals surface area contributed by atoms with Crippen LogP contribution in [0.3, 0.4) is 0 Å². The second-order valence-corrected chi connectivity index (χ2v) is 2.98. The lowest BCUT2D eigenvalue weighted by molar-refractivity contribution is -0.0542. The minimum atomic E-state index is -0.864. The molecule has 0 saturated carbocycles. The lowest BCUT2D eigenvalue weighted by atomic mass is 10.1. The number of rotatable bonds is 4. The zero-order valence-electron chi connectivity index (χ0n) is 6.84. The van der Waals surface area contributed by atoms with Gasteiger partial charge < -0.3 is 10.4 Å². The molecular formula is C7H14F2N2O. The third-order valence-corrected chi connectivity index (χ3v) is 2.10. The molecule has 0 aromatic carbocycles. The van der Waals surface area contributed by atoms with Crippen molar-refractivity contribution in [2.75, 3.05) is 19.8 Å². The summed E-state index contributed by atoms with van der Waals surface area (Å²) in [6, 6.07) is -0.241. The largest absolute Gasteiger partial charge is 0.379 e. The van der Waals surface area contributed by atoms with Gasteiger partial charge >= 0.3 is 0 Å². The molecule has 2 unspecified atom stereocenters. The molecule has 0 spiro atoms. The quantitative estimate of drug-likeness (QED) is 0.479. The molecule has 1 aliphatic rings. The first-order chi connectivity index (χ1) is 5.74. The summed E-state index contributed by atoms with van der Waals surface area (Å²) in [5.74, 6) is 0. The molecule has 0 radical (unpaired) electrons. The second kappa shape index (κ2) is 4.69. The van der Waals surface area contributed by atoms with Gasteiger partial charge in [0.25, 0.3) is 0 Å². The van der Waals surface area contributed by atoms with Crippen molar-refractivity contribution in [2.45, 2.75) is 25.1 Å². The van der Waals surface area contributed by atoms with Gasteiger partial charge in [0, 0.05) is 12.6 Å². The van der Waals surface area contributed by atoms with Gasteiger partial charge in [0.2, 0.25) is 0 Å². The van der Waals surface area contributed by atoms with Gasteiger partial charge in [-0.25, -0.2) is 4.39 Å². The molecule has 3 nitrogen and oxygen atoms in total. The molecule has 1 heterocycles. The molecule has 72 valence electrons. The molecule has 1 aliphatic heterocycles. The van der Waals surface area contributed by atoms with Crippen LogP contribution in [0.5, 0.6) is 0 Å². The molecule has 12 heavy (non-hydrogen) atoms. The van der Waals surface area contributed by atoms with Crippen LogP contribution in [-0.4, -0.2) is 42.3 Å². The number of hydrogen-bond acceptors (Lipinski definition) is 3. The average Bonchev–Trinajstić information content (AvgIpc) is 2.47. The Balaban J connectivity index is 2.13. The monoisotopic (exact) mass is 180 g/mol. The Kier molecular flexibility index (Phi) is 3.84. The van der Waals surface area contributed by atoms with Crippen LogP contribution < -0.4 is 5.32 Å². The minimum Gasteiger partial charge on any atom is -0.379 e. The average molecular weight is 180 g/mol. The summed E-state index contributed by atoms with van der Waals surface area (Å²) in [6.07, 6.45) is 0.0472. The minimum absolute atomic E-state index is 0.0780. The van der Waals surface area contributed by atoms with Crippen LogP contribution in [0.2, 0.25) is 0 Å². The summed E-state index contributed by atoms with van der Waals surface area (Å²) in [4.78, 5) is 0. The highest BCUT2D eigenvalue weighted by Crippen LogP contribution is 2.14. The maximum atomic E-state index is 12.9. The van der Waals surface area contributed by atoms with Crippen molar-refractivity contribution in [1.82, 2.24) is 10.4 Å². The molecule has 1 fully saturated rings. The Bertz CT molecular complexity index is 137. The summed E-state index contributed by atoms with van der Waals surface area (Å²) in [7, 11) is 0. The first-order valence-electron chi connectivity index (χ1n) is 4.13. The number of nitrogens with zero attached hydrogens (tertiary/aromatic N) is 1. The highest BCUT2D eigenvalue weighted by Gasteiger charge is 2.26. The molecule has 2 atom stereocenters. The summed E-state index contributed by atoms with van der Waals surface area (Å²) < 4.78 is 25.2. The fraction of sp³-hybridized carbons (Fsp3) is 1.00. The third-order valence-electron chi connectivity index (χ3n) is 2.10. The van der Waals surface area contributed by atoms with Crippen LogP contribution in [0.15, 0.2) is 0 Å². The Morgan fingerprint density at radius 2 is 2.33 bits per heavy atom. The topological polar surface area (TPSA) is 35.5 Å². The van der Waals surface area contributed by atoms with E-state index in [1.54, 1.807) is 0 Å². The second-order valence-electron chi connectivity index (χ2n) is 2.98. The number of aliphatic hydroxyl groups excluding tert-OH is 1. The molecule has 1 rings (SSSR count). The van der Waals surface area contributed by atoms with E-state index in [-0.39, 0.29) is 17.7 Å². The molecule has 0 amide bonds. The van der Waals surface area contributed by atoms with Gasteiger partial charge in [-0.3, -0.25) is 0 Å². The van der Waals surface area contributed by atoms with E-state index < -0.39 is 12.9 Å². The van der Waals surface area contributed by atoms with E-state index in [1.165, 1.54) is 0 Å². The third kappa shape index (κ3) is 2.66. The fourth-order valence-electron chi connectivity index (χ4n) is 1.37. The van der Waals surface area contributed by atoms with Crippen LogP contribution in [0, 0.1) is 0 Å². The van der Waals surface area contributed by atoms with E-state index in [4.69, 9.17) is 5.11 Å². The zero-order valence-corrected chi connectivity index (χ0v) is 6.84. The van der Waals surface area contributed by atoms with Gasteiger partial charge in [0.15, 0.2) is 0 Å². The number of aliphatic hydroxyl groups is 1. The molecule has 5 heteroatoms. The predicted molar refractivity (Wildman–Crippen MR) is 40.8 cm³/mol. The van der Waals surface area contributed by atoms with Crippen molar-refractivity contribution < 1.29 is 14.0 Å². The van der Waals surface area contributed by atoms with Crippen molar-refractivity contribution in [2.24, 2.45) is 0 Å². The van der Waals surface area contributed by atoms with Crippen molar-refractivity contribution >= 4 is 0 Å². The van der Waals surface area contributed by atoms with Crippen LogP contribution >= 0.6 is 0 Å². The maximum absolute atomic E-state index is 12.9.